The number of aromatic nitrogens is 5. The van der Waals surface area contributed by atoms with Crippen molar-refractivity contribution in [1.29, 1.82) is 0 Å². The normalized spacial score (nSPS) is 17.5. The number of aryl methyl sites for hydroxylation is 1. The lowest BCUT2D eigenvalue weighted by Crippen LogP contribution is -2.22. The predicted octanol–water partition coefficient (Wildman–Crippen LogP) is 7.08. The number of hydrogen-bond acceptors (Lipinski definition) is 6. The van der Waals surface area contributed by atoms with Crippen molar-refractivity contribution in [1.82, 2.24) is 24.3 Å². The summed E-state index contributed by atoms with van der Waals surface area (Å²) in [5.74, 6) is 1.57. The number of ketones is 1. The van der Waals surface area contributed by atoms with Gasteiger partial charge in [-0.1, -0.05) is 31.5 Å². The number of carbonyl (C=O) groups is 1. The zero-order valence-electron chi connectivity index (χ0n) is 22.2. The Morgan fingerprint density at radius 1 is 1.13 bits per heavy atom. The Morgan fingerprint density at radius 2 is 1.90 bits per heavy atom. The number of pyridine rings is 1. The van der Waals surface area contributed by atoms with E-state index in [-0.39, 0.29) is 23.3 Å². The van der Waals surface area contributed by atoms with Crippen LogP contribution < -0.4 is 4.74 Å². The van der Waals surface area contributed by atoms with Crippen molar-refractivity contribution >= 4 is 17.5 Å². The van der Waals surface area contributed by atoms with Gasteiger partial charge in [-0.25, -0.2) is 0 Å². The second-order valence-electron chi connectivity index (χ2n) is 9.95. The molecule has 0 radical (unpaired) electrons. The smallest absolute Gasteiger partial charge is 0.387 e. The summed E-state index contributed by atoms with van der Waals surface area (Å²) in [6, 6.07) is 12.4. The minimum absolute atomic E-state index is 0.00817. The minimum Gasteiger partial charge on any atom is -0.435 e. The maximum atomic E-state index is 13.4. The molecular weight excluding hydrogens is 520 g/mol. The van der Waals surface area contributed by atoms with Crippen molar-refractivity contribution in [3.8, 4) is 22.8 Å². The zero-order chi connectivity index (χ0) is 27.5. The van der Waals surface area contributed by atoms with Crippen LogP contribution in [0.5, 0.6) is 5.75 Å². The molecule has 7 nitrogen and oxygen atoms in total. The Balaban J connectivity index is 1.38. The second kappa shape index (κ2) is 11.7. The quantitative estimate of drug-likeness (QED) is 0.164. The number of thioether (sulfide) groups is 1. The maximum absolute atomic E-state index is 13.4. The van der Waals surface area contributed by atoms with Gasteiger partial charge in [-0.05, 0) is 75.1 Å². The summed E-state index contributed by atoms with van der Waals surface area (Å²) in [5.41, 5.74) is 3.97. The topological polar surface area (TPSA) is 74.8 Å². The first-order chi connectivity index (χ1) is 18.8. The van der Waals surface area contributed by atoms with Gasteiger partial charge in [0, 0.05) is 46.6 Å². The summed E-state index contributed by atoms with van der Waals surface area (Å²) < 4.78 is 33.6. The molecule has 1 aromatic carbocycles. The monoisotopic (exact) mass is 551 g/mol. The highest BCUT2D eigenvalue weighted by molar-refractivity contribution is 7.99. The number of benzene rings is 1. The lowest BCUT2D eigenvalue weighted by Gasteiger charge is -2.31. The summed E-state index contributed by atoms with van der Waals surface area (Å²) in [6.45, 7) is 3.21. The molecule has 0 bridgehead atoms. The lowest BCUT2D eigenvalue weighted by atomic mass is 9.85. The van der Waals surface area contributed by atoms with E-state index < -0.39 is 6.61 Å². The Hall–Kier alpha value is -3.53. The van der Waals surface area contributed by atoms with Gasteiger partial charge in [0.1, 0.15) is 5.75 Å². The molecule has 204 valence electrons. The number of ether oxygens (including phenoxy) is 1. The van der Waals surface area contributed by atoms with Crippen molar-refractivity contribution in [3.63, 3.8) is 0 Å². The molecule has 2 atom stereocenters. The molecule has 4 aromatic rings. The first-order valence-corrected chi connectivity index (χ1v) is 14.1. The number of nitrogens with zero attached hydrogens (tertiary/aromatic N) is 5. The third kappa shape index (κ3) is 5.75. The van der Waals surface area contributed by atoms with Gasteiger partial charge in [-0.2, -0.15) is 8.78 Å². The van der Waals surface area contributed by atoms with E-state index >= 15 is 0 Å². The van der Waals surface area contributed by atoms with Crippen LogP contribution in [0.2, 0.25) is 0 Å². The fraction of sp³-hybridized carbons (Fsp3) is 0.379. The molecule has 0 saturated heterocycles. The number of halogens is 2. The minimum atomic E-state index is -2.87. The van der Waals surface area contributed by atoms with E-state index in [1.165, 1.54) is 30.3 Å². The van der Waals surface area contributed by atoms with E-state index in [0.29, 0.717) is 11.5 Å². The lowest BCUT2D eigenvalue weighted by molar-refractivity contribution is -0.0498. The molecule has 3 aromatic heterocycles. The number of alkyl halides is 2. The molecule has 0 amide bonds. The fourth-order valence-corrected chi connectivity index (χ4v) is 6.35. The molecule has 1 saturated carbocycles. The van der Waals surface area contributed by atoms with Gasteiger partial charge in [0.25, 0.3) is 0 Å². The van der Waals surface area contributed by atoms with Crippen LogP contribution in [0.25, 0.3) is 17.1 Å². The van der Waals surface area contributed by atoms with Crippen molar-refractivity contribution in [2.75, 3.05) is 5.75 Å². The molecule has 5 rings (SSSR count). The fourth-order valence-electron chi connectivity index (χ4n) is 5.47. The van der Waals surface area contributed by atoms with Crippen LogP contribution in [-0.4, -0.2) is 42.5 Å². The SMILES string of the molecule is Cc1cc(C(=O)CSc2nnc(-c3cccnc3)n2[C@@H]2CCCC[C@@H]2C)c(C)n1-c1ccc(OC(F)F)cc1. The van der Waals surface area contributed by atoms with Gasteiger partial charge in [-0.3, -0.25) is 14.3 Å². The van der Waals surface area contributed by atoms with E-state index in [4.69, 9.17) is 0 Å². The van der Waals surface area contributed by atoms with Crippen LogP contribution >= 0.6 is 11.8 Å². The van der Waals surface area contributed by atoms with Gasteiger partial charge in [0.2, 0.25) is 0 Å². The highest BCUT2D eigenvalue weighted by Gasteiger charge is 2.29. The predicted molar refractivity (Wildman–Crippen MR) is 147 cm³/mol. The average Bonchev–Trinajstić information content (AvgIpc) is 3.48. The van der Waals surface area contributed by atoms with Crippen LogP contribution in [0.3, 0.4) is 0 Å². The average molecular weight is 552 g/mol. The molecule has 1 aliphatic rings. The van der Waals surface area contributed by atoms with Crippen LogP contribution in [-0.2, 0) is 0 Å². The van der Waals surface area contributed by atoms with E-state index in [2.05, 4.69) is 31.4 Å². The highest BCUT2D eigenvalue weighted by atomic mass is 32.2. The van der Waals surface area contributed by atoms with Crippen molar-refractivity contribution in [2.45, 2.75) is 64.3 Å². The van der Waals surface area contributed by atoms with Crippen molar-refractivity contribution < 1.29 is 18.3 Å². The summed E-state index contributed by atoms with van der Waals surface area (Å²) in [6.07, 6.45) is 8.12. The molecule has 1 aliphatic carbocycles. The van der Waals surface area contributed by atoms with Crippen LogP contribution in [0, 0.1) is 19.8 Å². The first kappa shape index (κ1) is 27.1. The molecule has 0 aliphatic heterocycles. The van der Waals surface area contributed by atoms with Gasteiger partial charge in [0.15, 0.2) is 16.8 Å². The summed E-state index contributed by atoms with van der Waals surface area (Å²) in [4.78, 5) is 17.7. The third-order valence-corrected chi connectivity index (χ3v) is 8.31. The van der Waals surface area contributed by atoms with Gasteiger partial charge >= 0.3 is 6.61 Å². The maximum Gasteiger partial charge on any atom is 0.387 e. The standard InChI is InChI=1S/C29H31F2N5O2S/c1-18-7-4-5-9-25(18)36-27(21-8-6-14-32-16-21)33-34-29(36)39-17-26(37)24-15-19(2)35(20(24)3)22-10-12-23(13-11-22)38-28(30)31/h6,8,10-16,18,25,28H,4-5,7,9,17H2,1-3H3/t18-,25+/m0/s1. The first-order valence-electron chi connectivity index (χ1n) is 13.1. The van der Waals surface area contributed by atoms with Crippen LogP contribution in [0.1, 0.15) is 60.4 Å². The van der Waals surface area contributed by atoms with E-state index in [1.807, 2.05) is 36.6 Å². The second-order valence-corrected chi connectivity index (χ2v) is 10.9. The Morgan fingerprint density at radius 3 is 2.59 bits per heavy atom. The van der Waals surface area contributed by atoms with Gasteiger partial charge < -0.3 is 9.30 Å². The van der Waals surface area contributed by atoms with Crippen molar-refractivity contribution in [2.24, 2.45) is 5.92 Å². The number of carbonyl (C=O) groups excluding carboxylic acids is 1. The third-order valence-electron chi connectivity index (χ3n) is 7.37. The Bertz CT molecular complexity index is 1440. The molecule has 3 heterocycles. The summed E-state index contributed by atoms with van der Waals surface area (Å²) in [5, 5.41) is 9.78. The zero-order valence-corrected chi connectivity index (χ0v) is 23.0. The molecular formula is C29H31F2N5O2S. The van der Waals surface area contributed by atoms with Gasteiger partial charge in [0.05, 0.1) is 5.75 Å². The number of rotatable bonds is 9. The number of hydrogen-bond donors (Lipinski definition) is 0. The Kier molecular flexibility index (Phi) is 8.11. The molecule has 10 heteroatoms. The van der Waals surface area contributed by atoms with E-state index in [1.54, 1.807) is 24.5 Å². The molecule has 0 unspecified atom stereocenters. The van der Waals surface area contributed by atoms with Crippen LogP contribution in [0.4, 0.5) is 8.78 Å². The van der Waals surface area contributed by atoms with Crippen LogP contribution in [0.15, 0.2) is 60.0 Å². The highest BCUT2D eigenvalue weighted by Crippen LogP contribution is 2.39. The van der Waals surface area contributed by atoms with E-state index in [0.717, 1.165) is 52.9 Å². The largest absolute Gasteiger partial charge is 0.435 e. The molecule has 39 heavy (non-hydrogen) atoms. The van der Waals surface area contributed by atoms with Gasteiger partial charge in [-0.15, -0.1) is 10.2 Å². The number of Topliss-reactive ketones (excluding diaryl/α,β-unsaturated/α-hetero) is 1. The molecule has 0 spiro atoms. The summed E-state index contributed by atoms with van der Waals surface area (Å²) >= 11 is 1.41. The Labute approximate surface area is 230 Å². The molecule has 1 fully saturated rings. The van der Waals surface area contributed by atoms with Crippen molar-refractivity contribution in [3.05, 3.63) is 71.8 Å². The summed E-state index contributed by atoms with van der Waals surface area (Å²) in [7, 11) is 0. The molecule has 0 N–H and O–H groups in total. The van der Waals surface area contributed by atoms with E-state index in [9.17, 15) is 13.6 Å².